The average molecular weight is 261 g/mol. The van der Waals surface area contributed by atoms with E-state index >= 15 is 0 Å². The van der Waals surface area contributed by atoms with E-state index in [1.165, 1.54) is 31.6 Å². The fraction of sp³-hybridized carbons (Fsp3) is 0.625. The van der Waals surface area contributed by atoms with Gasteiger partial charge in [0.1, 0.15) is 0 Å². The highest BCUT2D eigenvalue weighted by molar-refractivity contribution is 5.16. The summed E-state index contributed by atoms with van der Waals surface area (Å²) in [6, 6.07) is 11.5. The molecule has 0 saturated carbocycles. The molecule has 19 heavy (non-hydrogen) atoms. The van der Waals surface area contributed by atoms with E-state index in [-0.39, 0.29) is 0 Å². The summed E-state index contributed by atoms with van der Waals surface area (Å²) in [5.41, 5.74) is 1.45. The van der Waals surface area contributed by atoms with Crippen LogP contribution in [0.3, 0.4) is 0 Å². The van der Waals surface area contributed by atoms with E-state index < -0.39 is 0 Å². The first-order valence-corrected chi connectivity index (χ1v) is 7.39. The van der Waals surface area contributed by atoms with Crippen molar-refractivity contribution in [2.75, 3.05) is 46.8 Å². The quantitative estimate of drug-likeness (QED) is 0.836. The van der Waals surface area contributed by atoms with Gasteiger partial charge in [0.2, 0.25) is 0 Å². The fourth-order valence-corrected chi connectivity index (χ4v) is 2.77. The molecule has 1 saturated heterocycles. The molecule has 0 aliphatic carbocycles. The van der Waals surface area contributed by atoms with Crippen LogP contribution in [-0.4, -0.2) is 62.7 Å². The predicted molar refractivity (Wildman–Crippen MR) is 81.5 cm³/mol. The number of nitrogens with one attached hydrogen (secondary N) is 1. The summed E-state index contributed by atoms with van der Waals surface area (Å²) in [4.78, 5) is 4.93. The summed E-state index contributed by atoms with van der Waals surface area (Å²) in [6.07, 6.45) is 2.42. The lowest BCUT2D eigenvalue weighted by atomic mass is 10.0. The van der Waals surface area contributed by atoms with Gasteiger partial charge in [0.15, 0.2) is 0 Å². The normalized spacial score (nSPS) is 20.9. The molecule has 1 fully saturated rings. The SMILES string of the molecule is CN(C)CCCN1CCNCC1Cc1ccccc1. The fourth-order valence-electron chi connectivity index (χ4n) is 2.77. The van der Waals surface area contributed by atoms with Gasteiger partial charge in [0, 0.05) is 25.7 Å². The Labute approximate surface area is 117 Å². The van der Waals surface area contributed by atoms with Crippen LogP contribution >= 0.6 is 0 Å². The lowest BCUT2D eigenvalue weighted by molar-refractivity contribution is 0.154. The van der Waals surface area contributed by atoms with Crippen molar-refractivity contribution in [3.63, 3.8) is 0 Å². The number of hydrogen-bond donors (Lipinski definition) is 1. The van der Waals surface area contributed by atoms with Gasteiger partial charge in [-0.3, -0.25) is 4.90 Å². The van der Waals surface area contributed by atoms with Crippen molar-refractivity contribution in [3.05, 3.63) is 35.9 Å². The Morgan fingerprint density at radius 1 is 1.26 bits per heavy atom. The molecular formula is C16H27N3. The molecule has 1 aliphatic heterocycles. The van der Waals surface area contributed by atoms with Crippen LogP contribution in [-0.2, 0) is 6.42 Å². The first kappa shape index (κ1) is 14.5. The van der Waals surface area contributed by atoms with E-state index in [2.05, 4.69) is 59.5 Å². The van der Waals surface area contributed by atoms with Gasteiger partial charge < -0.3 is 10.2 Å². The van der Waals surface area contributed by atoms with Gasteiger partial charge in [-0.05, 0) is 45.6 Å². The second-order valence-electron chi connectivity index (χ2n) is 5.74. The maximum atomic E-state index is 3.53. The van der Waals surface area contributed by atoms with Crippen LogP contribution in [0.15, 0.2) is 30.3 Å². The molecule has 1 aliphatic rings. The molecule has 1 heterocycles. The zero-order chi connectivity index (χ0) is 13.5. The molecule has 106 valence electrons. The van der Waals surface area contributed by atoms with Crippen LogP contribution in [0.5, 0.6) is 0 Å². The molecular weight excluding hydrogens is 234 g/mol. The van der Waals surface area contributed by atoms with Gasteiger partial charge in [-0.1, -0.05) is 30.3 Å². The second kappa shape index (κ2) is 7.63. The highest BCUT2D eigenvalue weighted by Gasteiger charge is 2.21. The minimum Gasteiger partial charge on any atom is -0.314 e. The molecule has 0 bridgehead atoms. The maximum absolute atomic E-state index is 3.53. The Balaban J connectivity index is 1.85. The van der Waals surface area contributed by atoms with Crippen LogP contribution in [0.4, 0.5) is 0 Å². The number of hydrogen-bond acceptors (Lipinski definition) is 3. The molecule has 0 radical (unpaired) electrons. The molecule has 2 rings (SSSR count). The summed E-state index contributed by atoms with van der Waals surface area (Å²) < 4.78 is 0. The van der Waals surface area contributed by atoms with Crippen molar-refractivity contribution in [1.82, 2.24) is 15.1 Å². The Kier molecular flexibility index (Phi) is 5.83. The van der Waals surface area contributed by atoms with Crippen molar-refractivity contribution >= 4 is 0 Å². The van der Waals surface area contributed by atoms with Gasteiger partial charge in [-0.15, -0.1) is 0 Å². The minimum atomic E-state index is 0.651. The number of nitrogens with zero attached hydrogens (tertiary/aromatic N) is 2. The van der Waals surface area contributed by atoms with Gasteiger partial charge in [-0.25, -0.2) is 0 Å². The molecule has 0 spiro atoms. The summed E-state index contributed by atoms with van der Waals surface area (Å²) in [5, 5.41) is 3.53. The Hall–Kier alpha value is -0.900. The van der Waals surface area contributed by atoms with E-state index in [0.29, 0.717) is 6.04 Å². The van der Waals surface area contributed by atoms with Gasteiger partial charge in [0.25, 0.3) is 0 Å². The van der Waals surface area contributed by atoms with E-state index in [0.717, 1.165) is 19.5 Å². The molecule has 3 heteroatoms. The van der Waals surface area contributed by atoms with Crippen LogP contribution in [0.25, 0.3) is 0 Å². The third-order valence-corrected chi connectivity index (χ3v) is 3.84. The number of rotatable bonds is 6. The number of piperazine rings is 1. The lowest BCUT2D eigenvalue weighted by Crippen LogP contribution is -2.52. The minimum absolute atomic E-state index is 0.651. The zero-order valence-corrected chi connectivity index (χ0v) is 12.3. The lowest BCUT2D eigenvalue weighted by Gasteiger charge is -2.36. The van der Waals surface area contributed by atoms with E-state index in [1.54, 1.807) is 0 Å². The molecule has 0 aromatic heterocycles. The van der Waals surface area contributed by atoms with E-state index in [1.807, 2.05) is 0 Å². The highest BCUT2D eigenvalue weighted by Crippen LogP contribution is 2.11. The molecule has 1 atom stereocenters. The Bertz CT molecular complexity index is 350. The second-order valence-corrected chi connectivity index (χ2v) is 5.74. The molecule has 1 N–H and O–H groups in total. The molecule has 1 aromatic carbocycles. The van der Waals surface area contributed by atoms with Crippen molar-refractivity contribution in [3.8, 4) is 0 Å². The molecule has 1 unspecified atom stereocenters. The summed E-state index contributed by atoms with van der Waals surface area (Å²) in [7, 11) is 4.30. The first-order valence-electron chi connectivity index (χ1n) is 7.39. The smallest absolute Gasteiger partial charge is 0.0261 e. The van der Waals surface area contributed by atoms with Crippen LogP contribution in [0.1, 0.15) is 12.0 Å². The average Bonchev–Trinajstić information content (AvgIpc) is 2.41. The van der Waals surface area contributed by atoms with Crippen molar-refractivity contribution in [1.29, 1.82) is 0 Å². The highest BCUT2D eigenvalue weighted by atomic mass is 15.2. The van der Waals surface area contributed by atoms with Crippen LogP contribution in [0, 0.1) is 0 Å². The third kappa shape index (κ3) is 4.94. The largest absolute Gasteiger partial charge is 0.314 e. The van der Waals surface area contributed by atoms with Crippen LogP contribution < -0.4 is 5.32 Å². The van der Waals surface area contributed by atoms with Crippen molar-refractivity contribution in [2.45, 2.75) is 18.9 Å². The van der Waals surface area contributed by atoms with Gasteiger partial charge >= 0.3 is 0 Å². The zero-order valence-electron chi connectivity index (χ0n) is 12.3. The van der Waals surface area contributed by atoms with Crippen molar-refractivity contribution < 1.29 is 0 Å². The molecule has 1 aromatic rings. The first-order chi connectivity index (χ1) is 9.25. The van der Waals surface area contributed by atoms with E-state index in [4.69, 9.17) is 0 Å². The molecule has 3 nitrogen and oxygen atoms in total. The third-order valence-electron chi connectivity index (χ3n) is 3.84. The Morgan fingerprint density at radius 3 is 2.79 bits per heavy atom. The topological polar surface area (TPSA) is 18.5 Å². The van der Waals surface area contributed by atoms with Gasteiger partial charge in [-0.2, -0.15) is 0 Å². The van der Waals surface area contributed by atoms with Gasteiger partial charge in [0.05, 0.1) is 0 Å². The van der Waals surface area contributed by atoms with E-state index in [9.17, 15) is 0 Å². The molecule has 0 amide bonds. The predicted octanol–water partition coefficient (Wildman–Crippen LogP) is 1.45. The maximum Gasteiger partial charge on any atom is 0.0261 e. The Morgan fingerprint density at radius 2 is 2.05 bits per heavy atom. The van der Waals surface area contributed by atoms with Crippen LogP contribution in [0.2, 0.25) is 0 Å². The monoisotopic (exact) mass is 261 g/mol. The summed E-state index contributed by atoms with van der Waals surface area (Å²) >= 11 is 0. The summed E-state index contributed by atoms with van der Waals surface area (Å²) in [6.45, 7) is 5.84. The van der Waals surface area contributed by atoms with Crippen molar-refractivity contribution in [2.24, 2.45) is 0 Å². The summed E-state index contributed by atoms with van der Waals surface area (Å²) in [5.74, 6) is 0. The number of benzene rings is 1. The standard InChI is InChI=1S/C16H27N3/c1-18(2)10-6-11-19-12-9-17-14-16(19)13-15-7-4-3-5-8-15/h3-5,7-8,16-17H,6,9-14H2,1-2H3.